The molecule has 2 N–H and O–H groups in total. The first-order valence-corrected chi connectivity index (χ1v) is 13.6. The molecule has 4 aliphatic carbocycles. The quantitative estimate of drug-likeness (QED) is 0.244. The number of alkyl halides is 3. The van der Waals surface area contributed by atoms with Crippen molar-refractivity contribution in [1.29, 1.82) is 5.26 Å². The average molecular weight is 548 g/mol. The number of amides is 1. The molecule has 2 heterocycles. The van der Waals surface area contributed by atoms with Crippen molar-refractivity contribution in [2.45, 2.75) is 63.7 Å². The van der Waals surface area contributed by atoms with Crippen LogP contribution < -0.4 is 15.7 Å². The van der Waals surface area contributed by atoms with Crippen molar-refractivity contribution >= 4 is 17.6 Å². The van der Waals surface area contributed by atoms with E-state index >= 15 is 0 Å². The monoisotopic (exact) mass is 547 g/mol. The van der Waals surface area contributed by atoms with Crippen LogP contribution in [0.15, 0.2) is 23.3 Å². The fraction of sp³-hybridized carbons (Fsp3) is 0.704. The number of nitriles is 1. The summed E-state index contributed by atoms with van der Waals surface area (Å²) in [4.78, 5) is 30.4. The number of aromatic nitrogens is 1. The largest absolute Gasteiger partial charge is 0.417 e. The maximum absolute atomic E-state index is 12.9. The molecule has 1 aromatic heterocycles. The molecule has 1 aromatic rings. The molecule has 9 nitrogen and oxygen atoms in total. The summed E-state index contributed by atoms with van der Waals surface area (Å²) in [5.74, 6) is 2.29. The highest BCUT2D eigenvalue weighted by Crippen LogP contribution is 2.60. The number of nitrogens with one attached hydrogen (secondary N) is 2. The van der Waals surface area contributed by atoms with E-state index in [4.69, 9.17) is 4.84 Å². The van der Waals surface area contributed by atoms with Crippen LogP contribution in [-0.2, 0) is 15.8 Å². The van der Waals surface area contributed by atoms with Crippen LogP contribution in [-0.4, -0.2) is 66.5 Å². The zero-order chi connectivity index (χ0) is 28.0. The van der Waals surface area contributed by atoms with Gasteiger partial charge in [-0.25, -0.2) is 10.5 Å². The average Bonchev–Trinajstić information content (AvgIpc) is 2.89. The molecule has 39 heavy (non-hydrogen) atoms. The van der Waals surface area contributed by atoms with Gasteiger partial charge in [0.25, 0.3) is 0 Å². The minimum absolute atomic E-state index is 0.0190. The molecule has 1 amide bonds. The standard InChI is InChI=1S/C27H36F3N7O2/c1-25(2,37-8-6-36(7-9-37)21-5-4-20(15-32-21)27(28,29)30)23(33-16-31)34-22-18-10-17-11-19(22)14-26(12-17,13-18)24(38)35-39-3/h4-5,15,17-19,22H,6-14H2,1-3H3,(H,33,34)(H,35,38). The van der Waals surface area contributed by atoms with E-state index in [1.807, 2.05) is 24.9 Å². The Labute approximate surface area is 226 Å². The van der Waals surface area contributed by atoms with Crippen LogP contribution >= 0.6 is 0 Å². The molecule has 1 aliphatic heterocycles. The Morgan fingerprint density at radius 3 is 2.36 bits per heavy atom. The second kappa shape index (κ2) is 10.2. The van der Waals surface area contributed by atoms with Crippen LogP contribution in [0.1, 0.15) is 51.5 Å². The number of nitrogens with zero attached hydrogens (tertiary/aromatic N) is 5. The first-order chi connectivity index (χ1) is 18.5. The molecule has 5 aliphatic rings. The van der Waals surface area contributed by atoms with Gasteiger partial charge in [0, 0.05) is 38.4 Å². The minimum Gasteiger partial charge on any atom is -0.368 e. The number of hydroxylamine groups is 1. The summed E-state index contributed by atoms with van der Waals surface area (Å²) >= 11 is 0. The summed E-state index contributed by atoms with van der Waals surface area (Å²) in [5, 5.41) is 13.2. The van der Waals surface area contributed by atoms with Gasteiger partial charge in [0.15, 0.2) is 0 Å². The van der Waals surface area contributed by atoms with Gasteiger partial charge in [0.05, 0.1) is 23.6 Å². The Morgan fingerprint density at radius 2 is 1.82 bits per heavy atom. The summed E-state index contributed by atoms with van der Waals surface area (Å²) < 4.78 is 38.7. The number of piperazine rings is 1. The Hall–Kier alpha value is -2.91. The lowest BCUT2D eigenvalue weighted by Crippen LogP contribution is -2.66. The van der Waals surface area contributed by atoms with Crippen LogP contribution in [0.25, 0.3) is 0 Å². The van der Waals surface area contributed by atoms with E-state index in [0.717, 1.165) is 44.4 Å². The van der Waals surface area contributed by atoms with Gasteiger partial charge in [-0.05, 0) is 75.8 Å². The number of pyridine rings is 1. The van der Waals surface area contributed by atoms with Crippen molar-refractivity contribution < 1.29 is 22.8 Å². The number of halogens is 3. The molecular weight excluding hydrogens is 511 g/mol. The highest BCUT2D eigenvalue weighted by atomic mass is 19.4. The molecule has 6 rings (SSSR count). The second-order valence-corrected chi connectivity index (χ2v) is 12.1. The van der Waals surface area contributed by atoms with E-state index in [2.05, 4.69) is 25.7 Å². The smallest absolute Gasteiger partial charge is 0.368 e. The number of rotatable bonds is 6. The first-order valence-electron chi connectivity index (χ1n) is 13.6. The third-order valence-corrected chi connectivity index (χ3v) is 9.46. The van der Waals surface area contributed by atoms with Gasteiger partial charge in [-0.2, -0.15) is 23.4 Å². The number of hydrogen-bond donors (Lipinski definition) is 2. The third-order valence-electron chi connectivity index (χ3n) is 9.46. The van der Waals surface area contributed by atoms with Gasteiger partial charge in [0.1, 0.15) is 11.7 Å². The molecule has 12 heteroatoms. The highest BCUT2D eigenvalue weighted by molar-refractivity contribution is 5.92. The van der Waals surface area contributed by atoms with Gasteiger partial charge in [0.2, 0.25) is 12.1 Å². The number of aliphatic imine (C=N–C) groups is 1. The number of carbonyl (C=O) groups excluding carboxylic acids is 1. The highest BCUT2D eigenvalue weighted by Gasteiger charge is 2.59. The fourth-order valence-electron chi connectivity index (χ4n) is 7.68. The lowest BCUT2D eigenvalue weighted by Gasteiger charge is -2.59. The van der Waals surface area contributed by atoms with E-state index in [1.165, 1.54) is 13.2 Å². The molecule has 2 unspecified atom stereocenters. The summed E-state index contributed by atoms with van der Waals surface area (Å²) in [6, 6.07) is 2.63. The molecule has 2 atom stereocenters. The third kappa shape index (κ3) is 5.18. The Morgan fingerprint density at radius 1 is 1.15 bits per heavy atom. The number of amidine groups is 1. The van der Waals surface area contributed by atoms with Crippen molar-refractivity contribution in [3.63, 3.8) is 0 Å². The first kappa shape index (κ1) is 27.6. The van der Waals surface area contributed by atoms with Gasteiger partial charge in [-0.1, -0.05) is 0 Å². The Kier molecular flexibility index (Phi) is 7.26. The molecule has 0 radical (unpaired) electrons. The number of anilines is 1. The van der Waals surface area contributed by atoms with Gasteiger partial charge < -0.3 is 10.2 Å². The van der Waals surface area contributed by atoms with Crippen LogP contribution in [0.3, 0.4) is 0 Å². The molecule has 5 fully saturated rings. The molecule has 4 saturated carbocycles. The zero-order valence-electron chi connectivity index (χ0n) is 22.6. The predicted octanol–water partition coefficient (Wildman–Crippen LogP) is 3.34. The lowest BCUT2D eigenvalue weighted by atomic mass is 9.47. The lowest BCUT2D eigenvalue weighted by molar-refractivity contribution is -0.159. The summed E-state index contributed by atoms with van der Waals surface area (Å²) in [7, 11) is 1.47. The van der Waals surface area contributed by atoms with Crippen LogP contribution in [0.4, 0.5) is 19.0 Å². The van der Waals surface area contributed by atoms with Crippen molar-refractivity contribution in [2.24, 2.45) is 28.2 Å². The van der Waals surface area contributed by atoms with Gasteiger partial charge in [-0.15, -0.1) is 0 Å². The fourth-order valence-corrected chi connectivity index (χ4v) is 7.68. The molecule has 0 spiro atoms. The van der Waals surface area contributed by atoms with Crippen LogP contribution in [0.5, 0.6) is 0 Å². The molecule has 1 saturated heterocycles. The predicted molar refractivity (Wildman–Crippen MR) is 138 cm³/mol. The van der Waals surface area contributed by atoms with E-state index in [-0.39, 0.29) is 17.4 Å². The summed E-state index contributed by atoms with van der Waals surface area (Å²) in [5.41, 5.74) is 0.880. The van der Waals surface area contributed by atoms with Crippen LogP contribution in [0, 0.1) is 34.6 Å². The minimum atomic E-state index is -4.41. The molecule has 212 valence electrons. The van der Waals surface area contributed by atoms with E-state index in [9.17, 15) is 23.2 Å². The van der Waals surface area contributed by atoms with E-state index < -0.39 is 17.3 Å². The second-order valence-electron chi connectivity index (χ2n) is 12.1. The Bertz CT molecular complexity index is 1120. The van der Waals surface area contributed by atoms with E-state index in [0.29, 0.717) is 55.6 Å². The van der Waals surface area contributed by atoms with Gasteiger partial charge >= 0.3 is 6.18 Å². The normalized spacial score (nSPS) is 31.2. The molecular formula is C27H36F3N7O2. The zero-order valence-corrected chi connectivity index (χ0v) is 22.6. The maximum Gasteiger partial charge on any atom is 0.417 e. The van der Waals surface area contributed by atoms with Crippen LogP contribution in [0.2, 0.25) is 0 Å². The number of hydrogen-bond acceptors (Lipinski definition) is 7. The van der Waals surface area contributed by atoms with Crippen molar-refractivity contribution in [2.75, 3.05) is 38.2 Å². The van der Waals surface area contributed by atoms with E-state index in [1.54, 1.807) is 0 Å². The summed E-state index contributed by atoms with van der Waals surface area (Å²) in [6.07, 6.45) is 3.08. The van der Waals surface area contributed by atoms with Crippen molar-refractivity contribution in [3.8, 4) is 6.19 Å². The summed E-state index contributed by atoms with van der Waals surface area (Å²) in [6.45, 7) is 6.56. The van der Waals surface area contributed by atoms with Crippen molar-refractivity contribution in [3.05, 3.63) is 23.9 Å². The maximum atomic E-state index is 12.9. The molecule has 4 bridgehead atoms. The molecule has 0 aromatic carbocycles. The van der Waals surface area contributed by atoms with Gasteiger partial charge in [-0.3, -0.25) is 14.5 Å². The Balaban J connectivity index is 1.25. The van der Waals surface area contributed by atoms with Crippen molar-refractivity contribution in [1.82, 2.24) is 20.7 Å². The topological polar surface area (TPSA) is 106 Å². The number of carbonyl (C=O) groups is 1. The SMILES string of the molecule is CONC(=O)C12CC3CC(C1)C(N/C(=N/C#N)C(C)(C)N1CCN(c4ccc(C(F)(F)F)cn4)CC1)C(C3)C2.